The largest absolute Gasteiger partial charge is 0.691 e. The summed E-state index contributed by atoms with van der Waals surface area (Å²) >= 11 is 0.867. The SMILES string of the molecule is C.CS(=O)(=O)O.CSOO[O-].C[C@H]1CC[C@@]2(C)C(=CCC3C2CC[C@]2(C)C(c4cccnc4)=CCC32)C1.C[C@H]1CC[C@@]2(C)C(=CCC3C2CC[C@]2(C)C(c4cccnc4)=CCC32)C1. The Hall–Kier alpha value is -2.60. The smallest absolute Gasteiger partial charge is 0.261 e. The molecule has 0 aromatic carbocycles. The Morgan fingerprint density at radius 2 is 1.06 bits per heavy atom. The van der Waals surface area contributed by atoms with E-state index in [1.54, 1.807) is 17.4 Å². The van der Waals surface area contributed by atoms with E-state index < -0.39 is 10.1 Å². The Labute approximate surface area is 385 Å². The zero-order valence-electron chi connectivity index (χ0n) is 38.6. The fourth-order valence-corrected chi connectivity index (χ4v) is 14.8. The molecule has 1 N–H and O–H groups in total. The highest BCUT2D eigenvalue weighted by atomic mass is 32.2. The van der Waals surface area contributed by atoms with Gasteiger partial charge in [-0.05, 0) is 193 Å². The van der Waals surface area contributed by atoms with E-state index in [0.717, 1.165) is 59.4 Å². The number of fused-ring (bicyclic) bond motifs is 10. The van der Waals surface area contributed by atoms with E-state index in [1.807, 2.05) is 23.5 Å². The molecule has 0 saturated heterocycles. The van der Waals surface area contributed by atoms with Gasteiger partial charge in [0.15, 0.2) is 0 Å². The van der Waals surface area contributed by atoms with Gasteiger partial charge in [0.2, 0.25) is 0 Å². The lowest BCUT2D eigenvalue weighted by atomic mass is 9.47. The molecule has 63 heavy (non-hydrogen) atoms. The minimum Gasteiger partial charge on any atom is -0.691 e. The normalized spacial score (nSPS) is 38.3. The van der Waals surface area contributed by atoms with Gasteiger partial charge in [-0.25, -0.2) is 0 Å². The Bertz CT molecular complexity index is 1960. The van der Waals surface area contributed by atoms with E-state index in [1.165, 1.54) is 101 Å². The van der Waals surface area contributed by atoms with Crippen molar-refractivity contribution < 1.29 is 27.6 Å². The molecule has 2 heterocycles. The van der Waals surface area contributed by atoms with Gasteiger partial charge >= 0.3 is 0 Å². The lowest BCUT2D eigenvalue weighted by Crippen LogP contribution is -2.49. The van der Waals surface area contributed by atoms with Gasteiger partial charge < -0.3 is 5.26 Å². The zero-order chi connectivity index (χ0) is 44.5. The van der Waals surface area contributed by atoms with Gasteiger partial charge in [-0.15, -0.1) is 0 Å². The molecule has 12 atom stereocenters. The van der Waals surface area contributed by atoms with Crippen molar-refractivity contribution >= 4 is 33.3 Å². The Morgan fingerprint density at radius 1 is 0.667 bits per heavy atom. The third kappa shape index (κ3) is 10.1. The molecule has 0 amide bonds. The van der Waals surface area contributed by atoms with E-state index in [-0.39, 0.29) is 7.43 Å². The van der Waals surface area contributed by atoms with Gasteiger partial charge in [-0.1, -0.05) is 96.6 Å². The number of nitrogens with zero attached hydrogens (tertiary/aromatic N) is 2. The Kier molecular flexibility index (Phi) is 15.9. The monoisotopic (exact) mass is 902 g/mol. The lowest BCUT2D eigenvalue weighted by molar-refractivity contribution is -0.777. The van der Waals surface area contributed by atoms with E-state index in [4.69, 9.17) is 9.81 Å². The minimum atomic E-state index is -3.67. The molecular weight excluding hydrogens is 825 g/mol. The topological polar surface area (TPSA) is 122 Å². The van der Waals surface area contributed by atoms with E-state index in [9.17, 15) is 8.42 Å². The van der Waals surface area contributed by atoms with Crippen molar-refractivity contribution in [1.82, 2.24) is 9.97 Å². The number of aromatic nitrogens is 2. The molecule has 0 radical (unpaired) electrons. The molecule has 4 saturated carbocycles. The quantitative estimate of drug-likeness (QED) is 0.105. The summed E-state index contributed by atoms with van der Waals surface area (Å²) in [6.07, 6.45) is 39.9. The second-order valence-corrected chi connectivity index (χ2v) is 23.3. The molecule has 10 heteroatoms. The predicted octanol–water partition coefficient (Wildman–Crippen LogP) is 13.0. The second kappa shape index (κ2) is 20.1. The molecule has 8 aliphatic carbocycles. The van der Waals surface area contributed by atoms with Crippen LogP contribution in [0.5, 0.6) is 0 Å². The average molecular weight is 902 g/mol. The minimum absolute atomic E-state index is 0. The first-order valence-corrected chi connectivity index (χ1v) is 26.5. The van der Waals surface area contributed by atoms with Crippen molar-refractivity contribution in [1.29, 1.82) is 0 Å². The Morgan fingerprint density at radius 3 is 1.40 bits per heavy atom. The van der Waals surface area contributed by atoms with Crippen molar-refractivity contribution in [3.63, 3.8) is 0 Å². The molecule has 2 aromatic heterocycles. The summed E-state index contributed by atoms with van der Waals surface area (Å²) in [4.78, 5) is 8.80. The maximum atomic E-state index is 9.19. The fraction of sp³-hybridized carbons (Fsp3) is 0.660. The van der Waals surface area contributed by atoms with Crippen molar-refractivity contribution in [3.05, 3.63) is 95.6 Å². The van der Waals surface area contributed by atoms with Crippen LogP contribution in [0.1, 0.15) is 150 Å². The van der Waals surface area contributed by atoms with Gasteiger partial charge in [-0.3, -0.25) is 19.6 Å². The van der Waals surface area contributed by atoms with Crippen LogP contribution in [-0.4, -0.2) is 35.5 Å². The van der Waals surface area contributed by atoms with Gasteiger partial charge in [0.05, 0.1) is 6.26 Å². The highest BCUT2D eigenvalue weighted by Crippen LogP contribution is 2.68. The van der Waals surface area contributed by atoms with Gasteiger partial charge in [0.1, 0.15) is 0 Å². The molecule has 10 rings (SSSR count). The molecule has 0 bridgehead atoms. The molecular formula is C53H77N2O6S2-. The van der Waals surface area contributed by atoms with Gasteiger partial charge in [0, 0.05) is 43.1 Å². The third-order valence-electron chi connectivity index (χ3n) is 17.9. The van der Waals surface area contributed by atoms with Crippen molar-refractivity contribution in [3.8, 4) is 0 Å². The van der Waals surface area contributed by atoms with Crippen molar-refractivity contribution in [2.24, 2.45) is 69.0 Å². The number of allylic oxidation sites excluding steroid dienone is 8. The molecule has 6 unspecified atom stereocenters. The Balaban J connectivity index is 0.000000171. The number of hydrogen-bond acceptors (Lipinski definition) is 8. The summed E-state index contributed by atoms with van der Waals surface area (Å²) in [7, 11) is -3.67. The van der Waals surface area contributed by atoms with Crippen LogP contribution in [0.15, 0.2) is 84.5 Å². The molecule has 8 nitrogen and oxygen atoms in total. The first-order chi connectivity index (χ1) is 29.5. The summed E-state index contributed by atoms with van der Waals surface area (Å²) in [6.45, 7) is 15.3. The maximum Gasteiger partial charge on any atom is 0.261 e. The number of pyridine rings is 2. The molecule has 4 fully saturated rings. The highest BCUT2D eigenvalue weighted by Gasteiger charge is 2.58. The maximum absolute atomic E-state index is 9.19. The zero-order valence-corrected chi connectivity index (χ0v) is 40.3. The van der Waals surface area contributed by atoms with Gasteiger partial charge in [0.25, 0.3) is 10.1 Å². The van der Waals surface area contributed by atoms with E-state index in [0.29, 0.717) is 27.9 Å². The molecule has 0 spiro atoms. The first kappa shape index (κ1) is 49.8. The van der Waals surface area contributed by atoms with E-state index >= 15 is 0 Å². The van der Waals surface area contributed by atoms with Crippen LogP contribution in [0, 0.1) is 69.0 Å². The lowest BCUT2D eigenvalue weighted by Gasteiger charge is -2.58. The van der Waals surface area contributed by atoms with Crippen LogP contribution < -0.4 is 5.26 Å². The van der Waals surface area contributed by atoms with Crippen LogP contribution >= 0.6 is 12.0 Å². The summed E-state index contributed by atoms with van der Waals surface area (Å²) in [6, 6.07) is 8.72. The second-order valence-electron chi connectivity index (χ2n) is 21.4. The van der Waals surface area contributed by atoms with E-state index in [2.05, 4.69) is 122 Å². The average Bonchev–Trinajstić information content (AvgIpc) is 3.79. The summed E-state index contributed by atoms with van der Waals surface area (Å²) in [5.41, 5.74) is 11.2. The molecule has 0 aliphatic heterocycles. The summed E-state index contributed by atoms with van der Waals surface area (Å²) in [5.74, 6) is 7.01. The van der Waals surface area contributed by atoms with Crippen LogP contribution in [0.2, 0.25) is 0 Å². The number of rotatable bonds is 4. The molecule has 8 aliphatic rings. The van der Waals surface area contributed by atoms with Crippen molar-refractivity contribution in [2.45, 2.75) is 139 Å². The van der Waals surface area contributed by atoms with Crippen LogP contribution in [0.3, 0.4) is 0 Å². The highest BCUT2D eigenvalue weighted by molar-refractivity contribution is 7.93. The van der Waals surface area contributed by atoms with Crippen LogP contribution in [0.25, 0.3) is 11.1 Å². The van der Waals surface area contributed by atoms with Gasteiger partial charge in [-0.2, -0.15) is 12.8 Å². The molecule has 348 valence electrons. The number of hydrogen-bond donors (Lipinski definition) is 1. The van der Waals surface area contributed by atoms with Crippen LogP contribution in [0.4, 0.5) is 0 Å². The standard InChI is InChI=1S/2C25H33N.2CH4O3S.CH4/c2*1-17-10-12-24(2)19(15-17)6-7-20-22-9-8-21(18-5-4-14-26-16-18)25(22,3)13-11-23(20)24;1-5(2,3)4;1-5-4-3-2;/h2*4-6,8,14,16-17,20,22-23H,7,9-13,15H2,1-3H3;1H3,(H,2,3,4);2H,1H3;1H4/p-1/t2*17-,20?,22?,23?,24-,25+;;;/m00.../s1. The van der Waals surface area contributed by atoms with Crippen molar-refractivity contribution in [2.75, 3.05) is 12.5 Å². The summed E-state index contributed by atoms with van der Waals surface area (Å²) in [5, 5.41) is 11.7. The summed E-state index contributed by atoms with van der Waals surface area (Å²) < 4.78 is 29.6. The molecule has 2 aromatic rings. The predicted molar refractivity (Wildman–Crippen MR) is 257 cm³/mol. The fourth-order valence-electron chi connectivity index (χ4n) is 14.8. The van der Waals surface area contributed by atoms with Crippen LogP contribution in [-0.2, 0) is 19.5 Å². The first-order valence-electron chi connectivity index (χ1n) is 23.5. The third-order valence-corrected chi connectivity index (χ3v) is 18.1.